The quantitative estimate of drug-likeness (QED) is 0.681. The van der Waals surface area contributed by atoms with E-state index < -0.39 is 40.9 Å². The van der Waals surface area contributed by atoms with Gasteiger partial charge in [0, 0.05) is 34.2 Å². The number of likely N-dealkylation sites (N-methyl/N-ethyl adjacent to an activating group) is 2. The molecule has 0 saturated heterocycles. The van der Waals surface area contributed by atoms with Crippen LogP contribution in [-0.4, -0.2) is 74.8 Å². The zero-order valence-electron chi connectivity index (χ0n) is 17.8. The minimum Gasteiger partial charge on any atom is -0.501 e. The maximum absolute atomic E-state index is 13.2. The Morgan fingerprint density at radius 3 is 2.44 bits per heavy atom. The number of benzene rings is 1. The molecule has 0 aliphatic carbocycles. The summed E-state index contributed by atoms with van der Waals surface area (Å²) in [6.45, 7) is 0.389. The maximum Gasteiger partial charge on any atom is 0.315 e. The first-order chi connectivity index (χ1) is 15.1. The Hall–Kier alpha value is -3.76. The summed E-state index contributed by atoms with van der Waals surface area (Å²) in [5.41, 5.74) is -0.489. The van der Waals surface area contributed by atoms with Gasteiger partial charge in [0.15, 0.2) is 5.69 Å². The highest BCUT2D eigenvalue weighted by Crippen LogP contribution is 2.42. The van der Waals surface area contributed by atoms with Crippen molar-refractivity contribution in [2.75, 3.05) is 27.7 Å². The summed E-state index contributed by atoms with van der Waals surface area (Å²) in [6, 6.07) is 4.59. The van der Waals surface area contributed by atoms with Crippen molar-refractivity contribution < 1.29 is 23.9 Å². The Balaban J connectivity index is 1.71. The van der Waals surface area contributed by atoms with Crippen molar-refractivity contribution in [3.8, 4) is 5.75 Å². The van der Waals surface area contributed by atoms with Gasteiger partial charge in [-0.25, -0.2) is 4.39 Å². The van der Waals surface area contributed by atoms with E-state index in [0.717, 1.165) is 4.90 Å². The van der Waals surface area contributed by atoms with Gasteiger partial charge in [0.25, 0.3) is 5.91 Å². The minimum atomic E-state index is -0.978. The van der Waals surface area contributed by atoms with Crippen LogP contribution < -0.4 is 5.56 Å². The average Bonchev–Trinajstić information content (AvgIpc) is 3.11. The van der Waals surface area contributed by atoms with Crippen molar-refractivity contribution in [3.05, 3.63) is 57.5 Å². The molecule has 2 aliphatic heterocycles. The molecule has 1 N–H and O–H groups in total. The summed E-state index contributed by atoms with van der Waals surface area (Å²) < 4.78 is 14.7. The Morgan fingerprint density at radius 1 is 1.16 bits per heavy atom. The van der Waals surface area contributed by atoms with Crippen LogP contribution in [0.4, 0.5) is 4.39 Å². The van der Waals surface area contributed by atoms with E-state index in [1.807, 2.05) is 0 Å². The predicted octanol–water partition coefficient (Wildman–Crippen LogP) is 0.276. The topological polar surface area (TPSA) is 116 Å². The Bertz CT molecular complexity index is 1180. The van der Waals surface area contributed by atoms with Crippen molar-refractivity contribution in [1.82, 2.24) is 24.3 Å². The van der Waals surface area contributed by atoms with Gasteiger partial charge in [-0.3, -0.25) is 19.2 Å². The van der Waals surface area contributed by atoms with Gasteiger partial charge in [-0.15, -0.1) is 0 Å². The van der Waals surface area contributed by atoms with Crippen LogP contribution in [0.1, 0.15) is 40.4 Å². The van der Waals surface area contributed by atoms with Crippen LogP contribution >= 0.6 is 0 Å². The summed E-state index contributed by atoms with van der Waals surface area (Å²) in [7, 11) is 4.35. The average molecular weight is 443 g/mol. The molecule has 0 saturated carbocycles. The van der Waals surface area contributed by atoms with Gasteiger partial charge in [0.2, 0.25) is 5.75 Å². The minimum absolute atomic E-state index is 0.152. The zero-order valence-corrected chi connectivity index (χ0v) is 17.8. The number of halogens is 1. The summed E-state index contributed by atoms with van der Waals surface area (Å²) in [5, 5.41) is 10.4. The number of carbonyl (C=O) groups excluding carboxylic acids is 3. The molecule has 11 heteroatoms. The fraction of sp³-hybridized carbons (Fsp3) is 0.381. The molecule has 0 spiro atoms. The van der Waals surface area contributed by atoms with Crippen molar-refractivity contribution in [3.63, 3.8) is 0 Å². The van der Waals surface area contributed by atoms with Crippen molar-refractivity contribution >= 4 is 17.7 Å². The number of nitrogens with zero attached hydrogens (tertiary/aromatic N) is 5. The molecule has 3 heterocycles. The zero-order chi connectivity index (χ0) is 23.3. The van der Waals surface area contributed by atoms with Crippen LogP contribution in [0.3, 0.4) is 0 Å². The van der Waals surface area contributed by atoms with Gasteiger partial charge in [-0.1, -0.05) is 12.1 Å². The summed E-state index contributed by atoms with van der Waals surface area (Å²) in [4.78, 5) is 58.0. The molecule has 1 aromatic carbocycles. The molecule has 2 aromatic rings. The second kappa shape index (κ2) is 7.74. The first-order valence-electron chi connectivity index (χ1n) is 9.97. The molecule has 32 heavy (non-hydrogen) atoms. The van der Waals surface area contributed by atoms with Crippen molar-refractivity contribution in [2.24, 2.45) is 0 Å². The molecule has 2 atom stereocenters. The second-order valence-corrected chi connectivity index (χ2v) is 8.18. The van der Waals surface area contributed by atoms with E-state index in [2.05, 4.69) is 4.98 Å². The Labute approximate surface area is 182 Å². The van der Waals surface area contributed by atoms with Crippen LogP contribution in [0.15, 0.2) is 29.1 Å². The lowest BCUT2D eigenvalue weighted by atomic mass is 10.1. The molecule has 0 radical (unpaired) electrons. The molecular weight excluding hydrogens is 421 g/mol. The fourth-order valence-electron chi connectivity index (χ4n) is 4.22. The first-order valence-corrected chi connectivity index (χ1v) is 9.97. The SMILES string of the molecule is CN(C)C(=O)C(=O)N(C)[C@H]1C[C@H]2CN(Cc3ccc(F)cc3)C(=O)c3c(O)c(=O)nc1n32. The Kier molecular flexibility index (Phi) is 5.19. The molecule has 2 aliphatic rings. The molecule has 10 nitrogen and oxygen atoms in total. The lowest BCUT2D eigenvalue weighted by Crippen LogP contribution is -2.43. The van der Waals surface area contributed by atoms with Gasteiger partial charge >= 0.3 is 17.4 Å². The van der Waals surface area contributed by atoms with Gasteiger partial charge in [0.05, 0.1) is 12.1 Å². The smallest absolute Gasteiger partial charge is 0.315 e. The number of aromatic nitrogens is 2. The lowest BCUT2D eigenvalue weighted by Gasteiger charge is -2.33. The number of carbonyl (C=O) groups is 3. The molecule has 0 fully saturated rings. The highest BCUT2D eigenvalue weighted by molar-refractivity contribution is 6.34. The third-order valence-corrected chi connectivity index (χ3v) is 5.87. The molecule has 168 valence electrons. The van der Waals surface area contributed by atoms with Gasteiger partial charge in [0.1, 0.15) is 11.6 Å². The van der Waals surface area contributed by atoms with Gasteiger partial charge in [-0.2, -0.15) is 4.98 Å². The van der Waals surface area contributed by atoms with Gasteiger partial charge in [-0.05, 0) is 24.1 Å². The van der Waals surface area contributed by atoms with E-state index in [9.17, 15) is 28.7 Å². The van der Waals surface area contributed by atoms with Crippen LogP contribution in [0.2, 0.25) is 0 Å². The van der Waals surface area contributed by atoms with Crippen LogP contribution in [0.5, 0.6) is 5.75 Å². The lowest BCUT2D eigenvalue weighted by molar-refractivity contribution is -0.150. The van der Waals surface area contributed by atoms with E-state index in [-0.39, 0.29) is 30.6 Å². The molecule has 3 amide bonds. The number of hydrogen-bond acceptors (Lipinski definition) is 6. The molecule has 1 aromatic heterocycles. The van der Waals surface area contributed by atoms with Crippen molar-refractivity contribution in [1.29, 1.82) is 0 Å². The van der Waals surface area contributed by atoms with E-state index in [0.29, 0.717) is 12.0 Å². The first kappa shape index (κ1) is 21.5. The molecule has 0 unspecified atom stereocenters. The summed E-state index contributed by atoms with van der Waals surface area (Å²) >= 11 is 0. The molecule has 0 bridgehead atoms. The number of rotatable bonds is 3. The number of hydrogen-bond donors (Lipinski definition) is 1. The number of aromatic hydroxyl groups is 1. The normalized spacial score (nSPS) is 19.0. The van der Waals surface area contributed by atoms with E-state index in [1.165, 1.54) is 47.6 Å². The highest BCUT2D eigenvalue weighted by atomic mass is 19.1. The highest BCUT2D eigenvalue weighted by Gasteiger charge is 2.45. The van der Waals surface area contributed by atoms with Gasteiger partial charge < -0.3 is 24.4 Å². The van der Waals surface area contributed by atoms with E-state index >= 15 is 0 Å². The second-order valence-electron chi connectivity index (χ2n) is 8.18. The van der Waals surface area contributed by atoms with Crippen LogP contribution in [-0.2, 0) is 16.1 Å². The summed E-state index contributed by atoms with van der Waals surface area (Å²) in [6.07, 6.45) is 0.305. The third-order valence-electron chi connectivity index (χ3n) is 5.87. The predicted molar refractivity (Wildman–Crippen MR) is 109 cm³/mol. The monoisotopic (exact) mass is 443 g/mol. The van der Waals surface area contributed by atoms with Crippen molar-refractivity contribution in [2.45, 2.75) is 25.0 Å². The van der Waals surface area contributed by atoms with E-state index in [1.54, 1.807) is 12.1 Å². The Morgan fingerprint density at radius 2 is 1.81 bits per heavy atom. The standard InChI is InChI=1S/C21H22FN5O5/c1-24(2)20(31)21(32)25(3)14-8-13-10-26(9-11-4-6-12(22)7-5-11)19(30)15-16(28)18(29)23-17(14)27(13)15/h4-7,13-14,28H,8-10H2,1-3H3/t13-,14-/m0/s1. The van der Waals surface area contributed by atoms with Crippen LogP contribution in [0, 0.1) is 5.82 Å². The fourth-order valence-corrected chi connectivity index (χ4v) is 4.22. The molecular formula is C21H22FN5O5. The van der Waals surface area contributed by atoms with E-state index in [4.69, 9.17) is 0 Å². The molecule has 4 rings (SSSR count). The van der Waals surface area contributed by atoms with Crippen LogP contribution in [0.25, 0.3) is 0 Å². The number of amides is 3. The summed E-state index contributed by atoms with van der Waals surface area (Å²) in [5.74, 6) is -3.07. The largest absolute Gasteiger partial charge is 0.501 e. The maximum atomic E-state index is 13.2. The third kappa shape index (κ3) is 3.39.